The van der Waals surface area contributed by atoms with Gasteiger partial charge in [-0.05, 0) is 223 Å². The van der Waals surface area contributed by atoms with Gasteiger partial charge in [0.2, 0.25) is 0 Å². The van der Waals surface area contributed by atoms with Crippen LogP contribution in [0.15, 0.2) is 94.5 Å². The van der Waals surface area contributed by atoms with Crippen LogP contribution in [0.25, 0.3) is 34.4 Å². The molecule has 0 radical (unpaired) electrons. The first-order valence-corrected chi connectivity index (χ1v) is 34.2. The molecule has 6 aromatic rings. The number of fused-ring (bicyclic) bond motifs is 4. The Bertz CT molecular complexity index is 4090. The molecule has 0 unspecified atom stereocenters. The molecule has 0 saturated carbocycles. The van der Waals surface area contributed by atoms with Gasteiger partial charge < -0.3 is 49.3 Å². The molecule has 0 bridgehead atoms. The molecular weight excluding hydrogens is 1270 g/mol. The average molecular weight is 1360 g/mol. The molecular formula is C76H90F6N8O8. The van der Waals surface area contributed by atoms with Crippen molar-refractivity contribution in [2.45, 2.75) is 141 Å². The number of methoxy groups -OCH3 is 2. The van der Waals surface area contributed by atoms with Gasteiger partial charge in [0, 0.05) is 96.3 Å². The number of alkyl halides is 6. The molecule has 4 aliphatic heterocycles. The highest BCUT2D eigenvalue weighted by atomic mass is 19.4. The third-order valence-electron chi connectivity index (χ3n) is 20.9. The lowest BCUT2D eigenvalue weighted by molar-refractivity contribution is -0.149. The number of carbonyl (C=O) groups is 2. The summed E-state index contributed by atoms with van der Waals surface area (Å²) in [7, 11) is 3.00. The minimum atomic E-state index is -4.22. The Hall–Kier alpha value is -8.18. The van der Waals surface area contributed by atoms with Crippen molar-refractivity contribution in [2.75, 3.05) is 103 Å². The summed E-state index contributed by atoms with van der Waals surface area (Å²) in [6.45, 7) is 15.7. The molecule has 6 heterocycles. The van der Waals surface area contributed by atoms with Gasteiger partial charge in [-0.1, -0.05) is 48.6 Å². The molecule has 16 nitrogen and oxygen atoms in total. The molecule has 4 aromatic carbocycles. The maximum absolute atomic E-state index is 14.0. The van der Waals surface area contributed by atoms with Gasteiger partial charge in [0.1, 0.15) is 11.5 Å². The minimum Gasteiger partial charge on any atom is -0.496 e. The first-order valence-electron chi connectivity index (χ1n) is 34.2. The topological polar surface area (TPSA) is 174 Å². The predicted molar refractivity (Wildman–Crippen MR) is 371 cm³/mol. The van der Waals surface area contributed by atoms with Crippen molar-refractivity contribution in [3.8, 4) is 33.8 Å². The number of pyridine rings is 2. The van der Waals surface area contributed by atoms with Crippen LogP contribution >= 0.6 is 0 Å². The van der Waals surface area contributed by atoms with Crippen LogP contribution in [0.5, 0.6) is 11.5 Å². The number of nitrogens with one attached hydrogen (secondary N) is 4. The zero-order chi connectivity index (χ0) is 69.8. The van der Waals surface area contributed by atoms with E-state index >= 15 is 0 Å². The van der Waals surface area contributed by atoms with Crippen molar-refractivity contribution < 1.29 is 54.9 Å². The van der Waals surface area contributed by atoms with Crippen molar-refractivity contribution in [3.63, 3.8) is 0 Å². The third-order valence-corrected chi connectivity index (χ3v) is 20.9. The van der Waals surface area contributed by atoms with Crippen LogP contribution < -0.4 is 41.0 Å². The number of amides is 2. The van der Waals surface area contributed by atoms with Gasteiger partial charge in [0.15, 0.2) is 0 Å². The van der Waals surface area contributed by atoms with Crippen LogP contribution in [0, 0.1) is 27.7 Å². The number of aromatic amines is 2. The van der Waals surface area contributed by atoms with E-state index in [-0.39, 0.29) is 58.9 Å². The van der Waals surface area contributed by atoms with E-state index in [1.807, 2.05) is 26.0 Å². The smallest absolute Gasteiger partial charge is 0.401 e. The number of hydrogen-bond acceptors (Lipinski definition) is 12. The van der Waals surface area contributed by atoms with E-state index in [0.717, 1.165) is 106 Å². The number of nitrogens with zero attached hydrogens (tertiary/aromatic N) is 4. The van der Waals surface area contributed by atoms with Gasteiger partial charge in [0.05, 0.1) is 51.5 Å². The molecule has 2 aliphatic carbocycles. The van der Waals surface area contributed by atoms with E-state index in [2.05, 4.69) is 117 Å². The molecule has 4 fully saturated rings. The van der Waals surface area contributed by atoms with Gasteiger partial charge >= 0.3 is 12.4 Å². The number of H-pyrrole nitrogens is 2. The number of anilines is 2. The highest BCUT2D eigenvalue weighted by Crippen LogP contribution is 2.48. The summed E-state index contributed by atoms with van der Waals surface area (Å²) in [6, 6.07) is 24.7. The standard InChI is InChI=1S/2C38H45F3N4O4/c1-5-45(29-9-16-49-17-10-29)33-21-28(20-30(25(33)3)35(46)42-22-31-34(48-4)18-24(2)43-36(31)47)26-6-7-32-27(19-26)8-11-37(32)12-14-44(15-13-37)23-38(39,40)41;1-5-45(29-9-16-49-17-10-29)33-21-28(19-30(25(33)3)35(46)42-22-31-34(48-4)18-24(2)43-36(31)47)27-7-6-26-8-11-37(32(26)20-27)12-14-44(15-13-37)23-38(39,40)41/h2*6-8,11,18-21,29H,5,9-10,12-17,22-23H2,1-4H3,(H,42,46)(H,43,47). The molecule has 2 aromatic heterocycles. The Balaban J connectivity index is 0.000000198. The van der Waals surface area contributed by atoms with Crippen LogP contribution in [0.3, 0.4) is 0 Å². The summed E-state index contributed by atoms with van der Waals surface area (Å²) < 4.78 is 101. The molecule has 0 atom stereocenters. The molecule has 2 spiro atoms. The molecule has 4 saturated heterocycles. The molecule has 4 N–H and O–H groups in total. The number of aromatic nitrogens is 2. The summed E-state index contributed by atoms with van der Waals surface area (Å²) in [5, 5.41) is 5.94. The Morgan fingerprint density at radius 2 is 0.959 bits per heavy atom. The maximum atomic E-state index is 14.0. The lowest BCUT2D eigenvalue weighted by atomic mass is 9.74. The Kier molecular flexibility index (Phi) is 21.6. The molecule has 22 heteroatoms. The monoisotopic (exact) mass is 1360 g/mol. The summed E-state index contributed by atoms with van der Waals surface area (Å²) in [5.74, 6) is 0.229. The summed E-state index contributed by atoms with van der Waals surface area (Å²) in [4.78, 5) is 66.8. The number of ether oxygens (including phenoxy) is 4. The van der Waals surface area contributed by atoms with Crippen molar-refractivity contribution in [3.05, 3.63) is 173 Å². The molecule has 524 valence electrons. The lowest BCUT2D eigenvalue weighted by Gasteiger charge is -2.39. The van der Waals surface area contributed by atoms with Crippen LogP contribution in [0.1, 0.15) is 142 Å². The molecule has 2 amide bonds. The van der Waals surface area contributed by atoms with Gasteiger partial charge in [-0.3, -0.25) is 29.0 Å². The second kappa shape index (κ2) is 29.7. The minimum absolute atomic E-state index is 0.000197. The Morgan fingerprint density at radius 3 is 1.38 bits per heavy atom. The number of rotatable bonds is 18. The third kappa shape index (κ3) is 15.6. The second-order valence-electron chi connectivity index (χ2n) is 27.0. The number of benzene rings is 4. The number of piperidine rings is 2. The van der Waals surface area contributed by atoms with Crippen LogP contribution in [0.2, 0.25) is 0 Å². The fourth-order valence-corrected chi connectivity index (χ4v) is 15.6. The van der Waals surface area contributed by atoms with E-state index in [4.69, 9.17) is 18.9 Å². The summed E-state index contributed by atoms with van der Waals surface area (Å²) in [5.41, 5.74) is 13.5. The van der Waals surface area contributed by atoms with Gasteiger partial charge in [-0.2, -0.15) is 26.3 Å². The van der Waals surface area contributed by atoms with Crippen LogP contribution in [-0.2, 0) is 33.4 Å². The number of hydrogen-bond donors (Lipinski definition) is 4. The maximum Gasteiger partial charge on any atom is 0.401 e. The Labute approximate surface area is 568 Å². The average Bonchev–Trinajstić information content (AvgIpc) is 1.51. The fourth-order valence-electron chi connectivity index (χ4n) is 15.6. The van der Waals surface area contributed by atoms with Crippen LogP contribution in [-0.4, -0.2) is 149 Å². The predicted octanol–water partition coefficient (Wildman–Crippen LogP) is 13.1. The zero-order valence-electron chi connectivity index (χ0n) is 57.3. The van der Waals surface area contributed by atoms with E-state index < -0.39 is 25.4 Å². The van der Waals surface area contributed by atoms with E-state index in [0.29, 0.717) is 123 Å². The first-order chi connectivity index (χ1) is 46.8. The largest absolute Gasteiger partial charge is 0.496 e. The molecule has 6 aliphatic rings. The van der Waals surface area contributed by atoms with Crippen molar-refractivity contribution in [2.24, 2.45) is 0 Å². The van der Waals surface area contributed by atoms with Crippen molar-refractivity contribution >= 4 is 35.3 Å². The highest BCUT2D eigenvalue weighted by Gasteiger charge is 2.43. The number of aryl methyl sites for hydroxylation is 2. The Morgan fingerprint density at radius 1 is 0.551 bits per heavy atom. The van der Waals surface area contributed by atoms with Gasteiger partial charge in [0.25, 0.3) is 22.9 Å². The SMILES string of the molecule is CCN(c1cc(-c2ccc3c(c2)C2(C=C3)CCN(CC(F)(F)F)CC2)cc(C(=O)NCc2c(OC)cc(C)[nH]c2=O)c1C)C1CCOCC1.CCN(c1cc(-c2ccc3c(c2)C=CC32CCN(CC(F)(F)F)CC2)cc(C(=O)NCc2c(OC)cc(C)[nH]c2=O)c1C)C1CCOCC1. The highest BCUT2D eigenvalue weighted by molar-refractivity contribution is 6.00. The second-order valence-corrected chi connectivity index (χ2v) is 27.0. The van der Waals surface area contributed by atoms with E-state index in [1.165, 1.54) is 24.0 Å². The lowest BCUT2D eigenvalue weighted by Crippen LogP contribution is -2.44. The van der Waals surface area contributed by atoms with Crippen molar-refractivity contribution in [1.29, 1.82) is 0 Å². The fraction of sp³-hybridized carbons (Fsp3) is 0.474. The number of halogens is 6. The van der Waals surface area contributed by atoms with E-state index in [9.17, 15) is 45.5 Å². The van der Waals surface area contributed by atoms with E-state index in [1.54, 1.807) is 26.0 Å². The number of allylic oxidation sites excluding steroid dienone is 2. The zero-order valence-corrected chi connectivity index (χ0v) is 57.3. The quantitative estimate of drug-likeness (QED) is 0.0601. The van der Waals surface area contributed by atoms with Gasteiger partial charge in [-0.25, -0.2) is 0 Å². The molecule has 12 rings (SSSR count). The first kappa shape index (κ1) is 71.1. The molecule has 98 heavy (non-hydrogen) atoms. The normalized spacial score (nSPS) is 17.7. The number of carbonyl (C=O) groups excluding carboxylic acids is 2. The number of likely N-dealkylation sites (tertiary alicyclic amines) is 2. The van der Waals surface area contributed by atoms with Crippen LogP contribution in [0.4, 0.5) is 37.7 Å². The van der Waals surface area contributed by atoms with Gasteiger partial charge in [-0.15, -0.1) is 0 Å². The summed E-state index contributed by atoms with van der Waals surface area (Å²) >= 11 is 0. The summed E-state index contributed by atoms with van der Waals surface area (Å²) in [6.07, 6.45) is 6.12. The van der Waals surface area contributed by atoms with Crippen molar-refractivity contribution in [1.82, 2.24) is 30.4 Å².